The number of benzene rings is 1. The molecule has 1 fully saturated rings. The van der Waals surface area contributed by atoms with Gasteiger partial charge in [-0.3, -0.25) is 0 Å². The lowest BCUT2D eigenvalue weighted by Crippen LogP contribution is -2.45. The molecule has 4 heteroatoms. The maximum atomic E-state index is 13.5. The van der Waals surface area contributed by atoms with E-state index in [1.54, 1.807) is 0 Å². The van der Waals surface area contributed by atoms with Crippen LogP contribution in [0.5, 0.6) is 0 Å². The van der Waals surface area contributed by atoms with Crippen molar-refractivity contribution in [1.29, 1.82) is 0 Å². The fourth-order valence-corrected chi connectivity index (χ4v) is 4.24. The number of likely N-dealkylation sites (N-methyl/N-ethyl adjacent to an activating group) is 1. The summed E-state index contributed by atoms with van der Waals surface area (Å²) in [5, 5.41) is 14.0. The van der Waals surface area contributed by atoms with Crippen LogP contribution in [0.25, 0.3) is 5.57 Å². The van der Waals surface area contributed by atoms with Gasteiger partial charge in [-0.15, -0.1) is 0 Å². The van der Waals surface area contributed by atoms with Crippen LogP contribution in [0.4, 0.5) is 4.39 Å². The normalized spacial score (nSPS) is 21.3. The lowest BCUT2D eigenvalue weighted by molar-refractivity contribution is 0.217. The van der Waals surface area contributed by atoms with Crippen molar-refractivity contribution in [2.24, 2.45) is 11.8 Å². The molecule has 3 nitrogen and oxygen atoms in total. The number of halogens is 1. The molecule has 1 aromatic carbocycles. The van der Waals surface area contributed by atoms with Gasteiger partial charge < -0.3 is 15.3 Å². The van der Waals surface area contributed by atoms with E-state index in [0.29, 0.717) is 17.9 Å². The number of aliphatic hydroxyl groups excluding tert-OH is 1. The summed E-state index contributed by atoms with van der Waals surface area (Å²) in [6, 6.07) is 7.29. The number of allylic oxidation sites excluding steroid dienone is 2. The fourth-order valence-electron chi connectivity index (χ4n) is 4.24. The number of aliphatic hydroxyl groups is 1. The van der Waals surface area contributed by atoms with Crippen molar-refractivity contribution >= 4 is 5.57 Å². The molecule has 0 bridgehead atoms. The second kappa shape index (κ2) is 7.43. The Hall–Kier alpha value is -1.81. The summed E-state index contributed by atoms with van der Waals surface area (Å²) in [4.78, 5) is 2.33. The fraction of sp³-hybridized carbons (Fsp3) is 0.545. The highest BCUT2D eigenvalue weighted by molar-refractivity contribution is 5.84. The van der Waals surface area contributed by atoms with Gasteiger partial charge in [-0.2, -0.15) is 0 Å². The molecule has 1 unspecified atom stereocenters. The van der Waals surface area contributed by atoms with E-state index in [1.807, 2.05) is 12.1 Å². The van der Waals surface area contributed by atoms with Crippen molar-refractivity contribution in [3.63, 3.8) is 0 Å². The van der Waals surface area contributed by atoms with E-state index in [-0.39, 0.29) is 18.5 Å². The van der Waals surface area contributed by atoms with Gasteiger partial charge in [0.25, 0.3) is 0 Å². The van der Waals surface area contributed by atoms with E-state index in [0.717, 1.165) is 22.4 Å². The first kappa shape index (κ1) is 19.0. The summed E-state index contributed by atoms with van der Waals surface area (Å²) in [6.45, 7) is 8.81. The number of nitrogens with zero attached hydrogens (tertiary/aromatic N) is 1. The van der Waals surface area contributed by atoms with Gasteiger partial charge in [0.2, 0.25) is 0 Å². The first-order valence-corrected chi connectivity index (χ1v) is 9.68. The van der Waals surface area contributed by atoms with Crippen molar-refractivity contribution < 1.29 is 9.50 Å². The number of nitrogens with one attached hydrogen (secondary N) is 1. The molecule has 2 N–H and O–H groups in total. The summed E-state index contributed by atoms with van der Waals surface area (Å²) in [5.74, 6) is 0.463. The Kier molecular flexibility index (Phi) is 5.42. The SMILES string of the molecule is CC(C)C1=C(NC2CC2)C(c2ccc(F)cc2)=C(CO)C(C(C)C)N1C. The lowest BCUT2D eigenvalue weighted by Gasteiger charge is -2.44. The quantitative estimate of drug-likeness (QED) is 0.801. The largest absolute Gasteiger partial charge is 0.392 e. The Morgan fingerprint density at radius 2 is 1.77 bits per heavy atom. The zero-order valence-electron chi connectivity index (χ0n) is 16.5. The molecule has 2 aliphatic rings. The number of rotatable bonds is 6. The van der Waals surface area contributed by atoms with E-state index in [2.05, 4.69) is 45.0 Å². The second-order valence-electron chi connectivity index (χ2n) is 8.20. The van der Waals surface area contributed by atoms with E-state index in [9.17, 15) is 9.50 Å². The van der Waals surface area contributed by atoms with Crippen molar-refractivity contribution in [2.75, 3.05) is 13.7 Å². The van der Waals surface area contributed by atoms with Crippen LogP contribution < -0.4 is 5.32 Å². The molecule has 0 amide bonds. The van der Waals surface area contributed by atoms with Crippen molar-refractivity contribution in [1.82, 2.24) is 10.2 Å². The third-order valence-electron chi connectivity index (χ3n) is 5.39. The minimum Gasteiger partial charge on any atom is -0.392 e. The second-order valence-corrected chi connectivity index (χ2v) is 8.20. The summed E-state index contributed by atoms with van der Waals surface area (Å²) in [7, 11) is 2.13. The van der Waals surface area contributed by atoms with Crippen molar-refractivity contribution in [3.8, 4) is 0 Å². The standard InChI is InChI=1S/C22H31FN2O/c1-13(2)21-18(12-26)19(15-6-8-16(23)9-7-15)20(24-17-10-11-17)22(14(3)4)25(21)5/h6-9,13-14,17,21,24,26H,10-12H2,1-5H3. The van der Waals surface area contributed by atoms with Crippen LogP contribution in [0.3, 0.4) is 0 Å². The van der Waals surface area contributed by atoms with Crippen LogP contribution in [0.1, 0.15) is 46.1 Å². The Bertz CT molecular complexity index is 714. The summed E-state index contributed by atoms with van der Waals surface area (Å²) in [6.07, 6.45) is 2.36. The van der Waals surface area contributed by atoms with Crippen LogP contribution in [0.2, 0.25) is 0 Å². The minimum atomic E-state index is -0.238. The van der Waals surface area contributed by atoms with Crippen LogP contribution in [0, 0.1) is 17.7 Å². The van der Waals surface area contributed by atoms with Gasteiger partial charge in [0.15, 0.2) is 0 Å². The molecule has 0 saturated heterocycles. The molecule has 1 aliphatic heterocycles. The van der Waals surface area contributed by atoms with Gasteiger partial charge in [0, 0.05) is 24.4 Å². The molecule has 26 heavy (non-hydrogen) atoms. The Morgan fingerprint density at radius 1 is 1.15 bits per heavy atom. The van der Waals surface area contributed by atoms with E-state index in [1.165, 1.54) is 30.7 Å². The highest BCUT2D eigenvalue weighted by Crippen LogP contribution is 2.42. The van der Waals surface area contributed by atoms with Gasteiger partial charge >= 0.3 is 0 Å². The van der Waals surface area contributed by atoms with Gasteiger partial charge in [0.1, 0.15) is 5.82 Å². The zero-order chi connectivity index (χ0) is 19.0. The predicted molar refractivity (Wildman–Crippen MR) is 105 cm³/mol. The molecule has 1 atom stereocenters. The minimum absolute atomic E-state index is 0.00111. The van der Waals surface area contributed by atoms with E-state index in [4.69, 9.17) is 0 Å². The third-order valence-corrected chi connectivity index (χ3v) is 5.39. The Balaban J connectivity index is 2.24. The molecule has 1 heterocycles. The number of hydrogen-bond acceptors (Lipinski definition) is 3. The highest BCUT2D eigenvalue weighted by Gasteiger charge is 2.37. The monoisotopic (exact) mass is 358 g/mol. The third kappa shape index (κ3) is 3.52. The lowest BCUT2D eigenvalue weighted by atomic mass is 9.81. The topological polar surface area (TPSA) is 35.5 Å². The first-order valence-electron chi connectivity index (χ1n) is 9.68. The molecule has 142 valence electrons. The summed E-state index contributed by atoms with van der Waals surface area (Å²) < 4.78 is 13.5. The van der Waals surface area contributed by atoms with Crippen molar-refractivity contribution in [2.45, 2.75) is 52.6 Å². The van der Waals surface area contributed by atoms with Crippen LogP contribution >= 0.6 is 0 Å². The van der Waals surface area contributed by atoms with E-state index >= 15 is 0 Å². The van der Waals surface area contributed by atoms with Gasteiger partial charge in [-0.1, -0.05) is 39.8 Å². The average Bonchev–Trinajstić information content (AvgIpc) is 3.38. The Labute approximate surface area is 156 Å². The molecule has 0 radical (unpaired) electrons. The highest BCUT2D eigenvalue weighted by atomic mass is 19.1. The van der Waals surface area contributed by atoms with Gasteiger partial charge in [-0.05, 0) is 47.9 Å². The average molecular weight is 359 g/mol. The predicted octanol–water partition coefficient (Wildman–Crippen LogP) is 4.16. The molecular weight excluding hydrogens is 327 g/mol. The van der Waals surface area contributed by atoms with Crippen LogP contribution in [-0.2, 0) is 0 Å². The molecular formula is C22H31FN2O. The maximum absolute atomic E-state index is 13.5. The summed E-state index contributed by atoms with van der Waals surface area (Å²) >= 11 is 0. The van der Waals surface area contributed by atoms with Crippen molar-refractivity contribution in [3.05, 3.63) is 52.6 Å². The number of hydrogen-bond donors (Lipinski definition) is 2. The van der Waals surface area contributed by atoms with Crippen LogP contribution in [-0.4, -0.2) is 35.7 Å². The molecule has 0 spiro atoms. The molecule has 1 saturated carbocycles. The smallest absolute Gasteiger partial charge is 0.123 e. The maximum Gasteiger partial charge on any atom is 0.123 e. The van der Waals surface area contributed by atoms with E-state index < -0.39 is 0 Å². The van der Waals surface area contributed by atoms with Gasteiger partial charge in [-0.25, -0.2) is 4.39 Å². The Morgan fingerprint density at radius 3 is 2.23 bits per heavy atom. The molecule has 3 rings (SSSR count). The molecule has 1 aromatic rings. The van der Waals surface area contributed by atoms with Gasteiger partial charge in [0.05, 0.1) is 18.3 Å². The summed E-state index contributed by atoms with van der Waals surface area (Å²) in [5.41, 5.74) is 5.42. The first-order chi connectivity index (χ1) is 12.3. The van der Waals surface area contributed by atoms with Crippen LogP contribution in [0.15, 0.2) is 41.2 Å². The molecule has 0 aromatic heterocycles. The molecule has 1 aliphatic carbocycles. The zero-order valence-corrected chi connectivity index (χ0v) is 16.5.